The number of nitrogens with zero attached hydrogens (tertiary/aromatic N) is 3. The number of rotatable bonds is 5. The smallest absolute Gasteiger partial charge is 0.262 e. The van der Waals surface area contributed by atoms with Gasteiger partial charge in [-0.2, -0.15) is 0 Å². The van der Waals surface area contributed by atoms with Crippen LogP contribution in [0.25, 0.3) is 10.2 Å². The molecule has 0 bridgehead atoms. The summed E-state index contributed by atoms with van der Waals surface area (Å²) in [4.78, 5) is 34.0. The van der Waals surface area contributed by atoms with Crippen molar-refractivity contribution in [3.8, 4) is 5.75 Å². The number of hydrogen-bond acceptors (Lipinski definition) is 5. The van der Waals surface area contributed by atoms with Gasteiger partial charge in [-0.1, -0.05) is 25.1 Å². The molecule has 1 aliphatic rings. The summed E-state index contributed by atoms with van der Waals surface area (Å²) in [7, 11) is 3.35. The summed E-state index contributed by atoms with van der Waals surface area (Å²) in [6.07, 6.45) is 4.52. The van der Waals surface area contributed by atoms with Crippen molar-refractivity contribution in [3.05, 3.63) is 57.0 Å². The molecule has 0 radical (unpaired) electrons. The van der Waals surface area contributed by atoms with E-state index in [1.165, 1.54) is 15.8 Å². The van der Waals surface area contributed by atoms with E-state index in [2.05, 4.69) is 11.9 Å². The van der Waals surface area contributed by atoms with Gasteiger partial charge in [0.05, 0.1) is 18.8 Å². The predicted octanol–water partition coefficient (Wildman–Crippen LogP) is 3.25. The average Bonchev–Trinajstić information content (AvgIpc) is 3.08. The Labute approximate surface area is 173 Å². The number of likely N-dealkylation sites (N-methyl/N-ethyl adjacent to an activating group) is 1. The lowest BCUT2D eigenvalue weighted by Crippen LogP contribution is -2.34. The topological polar surface area (TPSA) is 64.4 Å². The molecule has 0 spiro atoms. The molecule has 7 heteroatoms. The Kier molecular flexibility index (Phi) is 5.41. The number of thiophene rings is 1. The molecular weight excluding hydrogens is 386 g/mol. The quantitative estimate of drug-likeness (QED) is 0.647. The maximum atomic E-state index is 13.1. The Morgan fingerprint density at radius 3 is 2.97 bits per heavy atom. The van der Waals surface area contributed by atoms with Crippen molar-refractivity contribution in [1.82, 2.24) is 14.5 Å². The molecule has 6 nitrogen and oxygen atoms in total. The van der Waals surface area contributed by atoms with E-state index in [0.29, 0.717) is 17.8 Å². The summed E-state index contributed by atoms with van der Waals surface area (Å²) in [5.41, 5.74) is 1.96. The zero-order chi connectivity index (χ0) is 20.5. The molecule has 0 N–H and O–H groups in total. The van der Waals surface area contributed by atoms with Gasteiger partial charge in [-0.3, -0.25) is 14.2 Å². The van der Waals surface area contributed by atoms with Crippen LogP contribution in [0.3, 0.4) is 0 Å². The second-order valence-electron chi connectivity index (χ2n) is 7.77. The number of hydrogen-bond donors (Lipinski definition) is 0. The molecule has 3 aromatic rings. The monoisotopic (exact) mass is 411 g/mol. The predicted molar refractivity (Wildman–Crippen MR) is 115 cm³/mol. The zero-order valence-corrected chi connectivity index (χ0v) is 17.8. The zero-order valence-electron chi connectivity index (χ0n) is 17.0. The average molecular weight is 412 g/mol. The van der Waals surface area contributed by atoms with Gasteiger partial charge in [0.2, 0.25) is 5.91 Å². The molecule has 152 valence electrons. The van der Waals surface area contributed by atoms with Gasteiger partial charge in [0.25, 0.3) is 5.56 Å². The van der Waals surface area contributed by atoms with Crippen LogP contribution in [-0.2, 0) is 30.7 Å². The Morgan fingerprint density at radius 2 is 2.17 bits per heavy atom. The van der Waals surface area contributed by atoms with Crippen LogP contribution < -0.4 is 10.3 Å². The number of carbonyl (C=O) groups is 1. The van der Waals surface area contributed by atoms with E-state index in [1.807, 2.05) is 24.3 Å². The minimum atomic E-state index is -0.142. The Balaban J connectivity index is 1.56. The minimum absolute atomic E-state index is 0.0194. The standard InChI is InChI=1S/C22H25N3O3S/c1-14-8-9-16-18(10-14)29-21-20(16)22(27)25(13-23-21)12-19(26)24(2)11-15-6-4-5-7-17(15)28-3/h4-7,13-14H,8-12H2,1-3H3/t14-/m1/s1. The molecule has 0 fully saturated rings. The third-order valence-electron chi connectivity index (χ3n) is 5.61. The second-order valence-corrected chi connectivity index (χ2v) is 8.85. The van der Waals surface area contributed by atoms with E-state index in [0.717, 1.165) is 41.0 Å². The van der Waals surface area contributed by atoms with Crippen LogP contribution in [0.2, 0.25) is 0 Å². The molecule has 2 aromatic heterocycles. The van der Waals surface area contributed by atoms with Gasteiger partial charge < -0.3 is 9.64 Å². The van der Waals surface area contributed by atoms with Gasteiger partial charge in [-0.15, -0.1) is 11.3 Å². The van der Waals surface area contributed by atoms with Crippen LogP contribution in [0.15, 0.2) is 35.4 Å². The summed E-state index contributed by atoms with van der Waals surface area (Å²) in [5.74, 6) is 1.24. The molecule has 2 heterocycles. The van der Waals surface area contributed by atoms with E-state index < -0.39 is 0 Å². The second kappa shape index (κ2) is 7.99. The van der Waals surface area contributed by atoms with Crippen LogP contribution in [0, 0.1) is 5.92 Å². The fourth-order valence-electron chi connectivity index (χ4n) is 3.92. The molecule has 1 aliphatic carbocycles. The Bertz CT molecular complexity index is 1120. The van der Waals surface area contributed by atoms with Crippen molar-refractivity contribution in [3.63, 3.8) is 0 Å². The van der Waals surface area contributed by atoms with Crippen molar-refractivity contribution in [2.75, 3.05) is 14.2 Å². The highest BCUT2D eigenvalue weighted by Crippen LogP contribution is 2.35. The molecule has 0 unspecified atom stereocenters. The van der Waals surface area contributed by atoms with Crippen molar-refractivity contribution >= 4 is 27.5 Å². The van der Waals surface area contributed by atoms with Crippen molar-refractivity contribution in [2.24, 2.45) is 5.92 Å². The summed E-state index contributed by atoms with van der Waals surface area (Å²) in [5, 5.41) is 0.708. The largest absolute Gasteiger partial charge is 0.496 e. The third kappa shape index (κ3) is 3.79. The number of ether oxygens (including phenoxy) is 1. The fraction of sp³-hybridized carbons (Fsp3) is 0.409. The fourth-order valence-corrected chi connectivity index (χ4v) is 5.26. The Morgan fingerprint density at radius 1 is 1.38 bits per heavy atom. The molecule has 0 saturated heterocycles. The van der Waals surface area contributed by atoms with E-state index in [9.17, 15) is 9.59 Å². The first-order valence-electron chi connectivity index (χ1n) is 9.83. The molecule has 1 aromatic carbocycles. The highest BCUT2D eigenvalue weighted by molar-refractivity contribution is 7.18. The van der Waals surface area contributed by atoms with Gasteiger partial charge in [-0.25, -0.2) is 4.98 Å². The highest BCUT2D eigenvalue weighted by atomic mass is 32.1. The van der Waals surface area contributed by atoms with Crippen molar-refractivity contribution in [1.29, 1.82) is 0 Å². The van der Waals surface area contributed by atoms with Gasteiger partial charge in [-0.05, 0) is 36.8 Å². The van der Waals surface area contributed by atoms with Gasteiger partial charge in [0, 0.05) is 24.0 Å². The third-order valence-corrected chi connectivity index (χ3v) is 6.78. The summed E-state index contributed by atoms with van der Waals surface area (Å²) >= 11 is 1.62. The number of methoxy groups -OCH3 is 1. The number of fused-ring (bicyclic) bond motifs is 3. The minimum Gasteiger partial charge on any atom is -0.496 e. The first kappa shape index (κ1) is 19.6. The highest BCUT2D eigenvalue weighted by Gasteiger charge is 2.23. The van der Waals surface area contributed by atoms with E-state index >= 15 is 0 Å². The maximum Gasteiger partial charge on any atom is 0.262 e. The molecule has 1 atom stereocenters. The number of aryl methyl sites for hydroxylation is 1. The van der Waals surface area contributed by atoms with Gasteiger partial charge in [0.15, 0.2) is 0 Å². The van der Waals surface area contributed by atoms with E-state index in [-0.39, 0.29) is 18.0 Å². The van der Waals surface area contributed by atoms with Crippen LogP contribution in [0.4, 0.5) is 0 Å². The summed E-state index contributed by atoms with van der Waals surface area (Å²) in [6.45, 7) is 2.64. The lowest BCUT2D eigenvalue weighted by atomic mass is 9.89. The number of benzene rings is 1. The van der Waals surface area contributed by atoms with Gasteiger partial charge in [0.1, 0.15) is 17.1 Å². The lowest BCUT2D eigenvalue weighted by Gasteiger charge is -2.19. The molecule has 4 rings (SSSR count). The maximum absolute atomic E-state index is 13.1. The van der Waals surface area contributed by atoms with Crippen molar-refractivity contribution < 1.29 is 9.53 Å². The molecule has 1 amide bonds. The molecule has 0 saturated carbocycles. The summed E-state index contributed by atoms with van der Waals surface area (Å²) < 4.78 is 6.80. The SMILES string of the molecule is COc1ccccc1CN(C)C(=O)Cn1cnc2sc3c(c2c1=O)CC[C@@H](C)C3. The van der Waals surface area contributed by atoms with Crippen LogP contribution in [0.1, 0.15) is 29.3 Å². The number of aromatic nitrogens is 2. The first-order chi connectivity index (χ1) is 14.0. The molecular formula is C22H25N3O3S. The van der Waals surface area contributed by atoms with Crippen LogP contribution in [0.5, 0.6) is 5.75 Å². The van der Waals surface area contributed by atoms with E-state index in [1.54, 1.807) is 30.4 Å². The van der Waals surface area contributed by atoms with Crippen LogP contribution >= 0.6 is 11.3 Å². The number of amides is 1. The van der Waals surface area contributed by atoms with Gasteiger partial charge >= 0.3 is 0 Å². The lowest BCUT2D eigenvalue weighted by molar-refractivity contribution is -0.131. The number of para-hydroxylation sites is 1. The normalized spacial score (nSPS) is 15.9. The molecule has 29 heavy (non-hydrogen) atoms. The van der Waals surface area contributed by atoms with E-state index in [4.69, 9.17) is 4.74 Å². The van der Waals surface area contributed by atoms with Crippen molar-refractivity contribution in [2.45, 2.75) is 39.3 Å². The molecule has 0 aliphatic heterocycles. The number of carbonyl (C=O) groups excluding carboxylic acids is 1. The van der Waals surface area contributed by atoms with Crippen LogP contribution in [-0.4, -0.2) is 34.5 Å². The summed E-state index contributed by atoms with van der Waals surface area (Å²) in [6, 6.07) is 7.61. The Hall–Kier alpha value is -2.67. The first-order valence-corrected chi connectivity index (χ1v) is 10.6.